The molecule has 0 rings (SSSR count). The van der Waals surface area contributed by atoms with Gasteiger partial charge in [0.15, 0.2) is 0 Å². The van der Waals surface area contributed by atoms with E-state index in [-0.39, 0.29) is 0 Å². The van der Waals surface area contributed by atoms with Crippen LogP contribution in [0.5, 0.6) is 0 Å². The van der Waals surface area contributed by atoms with Crippen LogP contribution in [0.25, 0.3) is 0 Å². The summed E-state index contributed by atoms with van der Waals surface area (Å²) in [5.74, 6) is -22.2. The number of esters is 1. The van der Waals surface area contributed by atoms with Crippen molar-refractivity contribution >= 4 is 5.97 Å². The third kappa shape index (κ3) is 5.50. The zero-order valence-electron chi connectivity index (χ0n) is 16.1. The second-order valence-corrected chi connectivity index (χ2v) is 7.35. The lowest BCUT2D eigenvalue weighted by atomic mass is 9.85. The van der Waals surface area contributed by atoms with Gasteiger partial charge >= 0.3 is 30.2 Å². The predicted octanol–water partition coefficient (Wildman–Crippen LogP) is 5.75. The fraction of sp³-hybridized carbons (Fsp3) is 0.933. The molecule has 0 aliphatic heterocycles. The van der Waals surface area contributed by atoms with Crippen molar-refractivity contribution in [3.63, 3.8) is 0 Å². The molecule has 0 bridgehead atoms. The van der Waals surface area contributed by atoms with E-state index in [9.17, 15) is 66.3 Å². The van der Waals surface area contributed by atoms with E-state index in [2.05, 4.69) is 4.74 Å². The molecule has 2 unspecified atom stereocenters. The van der Waals surface area contributed by atoms with E-state index >= 15 is 0 Å². The Morgan fingerprint density at radius 1 is 0.844 bits per heavy atom. The highest BCUT2D eigenvalue weighted by Crippen LogP contribution is 2.54. The van der Waals surface area contributed by atoms with E-state index in [0.717, 1.165) is 20.8 Å². The molecule has 2 atom stereocenters. The topological polar surface area (TPSA) is 46.5 Å². The molecule has 1 N–H and O–H groups in total. The molecule has 0 spiro atoms. The Hall–Kier alpha value is -1.55. The lowest BCUT2D eigenvalue weighted by Crippen LogP contribution is -2.71. The quantitative estimate of drug-likeness (QED) is 0.318. The maximum Gasteiger partial charge on any atom is 0.453 e. The minimum atomic E-state index is -7.14. The van der Waals surface area contributed by atoms with E-state index < -0.39 is 72.5 Å². The first kappa shape index (κ1) is 30.4. The largest absolute Gasteiger partial charge is 0.453 e. The van der Waals surface area contributed by atoms with Gasteiger partial charge in [-0.25, -0.2) is 17.6 Å². The first-order valence-electron chi connectivity index (χ1n) is 8.21. The van der Waals surface area contributed by atoms with Crippen molar-refractivity contribution in [3.05, 3.63) is 0 Å². The molecule has 0 aromatic rings. The Labute approximate surface area is 170 Å². The smallest absolute Gasteiger partial charge is 0.449 e. The maximum absolute atomic E-state index is 14.4. The second kappa shape index (κ2) is 8.66. The molecule has 0 radical (unpaired) electrons. The monoisotopic (exact) mass is 510 g/mol. The first-order chi connectivity index (χ1) is 13.7. The van der Waals surface area contributed by atoms with Crippen molar-refractivity contribution in [3.8, 4) is 0 Å². The average Bonchev–Trinajstić information content (AvgIpc) is 2.54. The van der Waals surface area contributed by atoms with Gasteiger partial charge in [0.05, 0.1) is 11.8 Å². The van der Waals surface area contributed by atoms with Crippen LogP contribution in [0.3, 0.4) is 0 Å². The van der Waals surface area contributed by atoms with Gasteiger partial charge in [-0.1, -0.05) is 6.92 Å². The number of rotatable bonds is 9. The van der Waals surface area contributed by atoms with Crippen LogP contribution in [0.15, 0.2) is 0 Å². The molecule has 0 aliphatic rings. The first-order valence-corrected chi connectivity index (χ1v) is 8.21. The number of halogens is 14. The van der Waals surface area contributed by atoms with Crippen LogP contribution < -0.4 is 0 Å². The standard InChI is InChI=1S/C15H16F14O3/c1-4-9(2,3)8(30)32-6(10(18,19)5-11(20,21)14(24,25)26)13(22,23)12(31,7(16)17)15(27,28)29/h6-7,31H,4-5H2,1-3H3. The van der Waals surface area contributed by atoms with E-state index in [0.29, 0.717) is 0 Å². The summed E-state index contributed by atoms with van der Waals surface area (Å²) >= 11 is 0. The van der Waals surface area contributed by atoms with Gasteiger partial charge in [0.25, 0.3) is 17.9 Å². The fourth-order valence-corrected chi connectivity index (χ4v) is 1.98. The Morgan fingerprint density at radius 3 is 1.53 bits per heavy atom. The molecule has 0 heterocycles. The SMILES string of the molecule is CCC(C)(C)C(=O)OC(C(F)(F)CC(F)(F)C(F)(F)F)C(F)(F)C(O)(C(F)F)C(F)(F)F. The third-order valence-corrected chi connectivity index (χ3v) is 4.50. The molecule has 0 amide bonds. The van der Waals surface area contributed by atoms with Gasteiger partial charge in [-0.15, -0.1) is 0 Å². The van der Waals surface area contributed by atoms with Crippen molar-refractivity contribution in [2.24, 2.45) is 5.41 Å². The fourth-order valence-electron chi connectivity index (χ4n) is 1.98. The lowest BCUT2D eigenvalue weighted by molar-refractivity contribution is -0.397. The van der Waals surface area contributed by atoms with Gasteiger partial charge in [0.1, 0.15) is 0 Å². The minimum absolute atomic E-state index is 0.479. The minimum Gasteiger partial charge on any atom is -0.449 e. The van der Waals surface area contributed by atoms with Crippen LogP contribution in [0, 0.1) is 5.41 Å². The molecule has 0 aromatic carbocycles. The maximum atomic E-state index is 14.4. The molecule has 0 aromatic heterocycles. The van der Waals surface area contributed by atoms with Crippen molar-refractivity contribution in [2.75, 3.05) is 0 Å². The Bertz CT molecular complexity index is 667. The number of ether oxygens (including phenoxy) is 1. The molecule has 0 fully saturated rings. The molecule has 0 saturated carbocycles. The molecule has 192 valence electrons. The van der Waals surface area contributed by atoms with Crippen molar-refractivity contribution in [1.82, 2.24) is 0 Å². The third-order valence-electron chi connectivity index (χ3n) is 4.50. The van der Waals surface area contributed by atoms with Crippen LogP contribution in [0.1, 0.15) is 33.6 Å². The number of carbonyl (C=O) groups is 1. The van der Waals surface area contributed by atoms with Gasteiger partial charge in [-0.2, -0.15) is 43.9 Å². The van der Waals surface area contributed by atoms with Gasteiger partial charge in [-0.05, 0) is 20.3 Å². The molecular formula is C15H16F14O3. The number of hydrogen-bond acceptors (Lipinski definition) is 3. The van der Waals surface area contributed by atoms with E-state index in [4.69, 9.17) is 5.11 Å². The van der Waals surface area contributed by atoms with Gasteiger partial charge < -0.3 is 9.84 Å². The Kier molecular flexibility index (Phi) is 8.25. The Balaban J connectivity index is 6.87. The summed E-state index contributed by atoms with van der Waals surface area (Å²) in [6.07, 6.45) is -29.4. The number of aliphatic hydroxyl groups is 1. The zero-order chi connectivity index (χ0) is 26.4. The number of hydrogen-bond donors (Lipinski definition) is 1. The summed E-state index contributed by atoms with van der Waals surface area (Å²) in [5.41, 5.74) is -8.84. The van der Waals surface area contributed by atoms with Crippen LogP contribution in [0.4, 0.5) is 61.5 Å². The van der Waals surface area contributed by atoms with Crippen LogP contribution in [0.2, 0.25) is 0 Å². The molecule has 0 aliphatic carbocycles. The van der Waals surface area contributed by atoms with Crippen LogP contribution >= 0.6 is 0 Å². The normalized spacial score (nSPS) is 17.8. The highest BCUT2D eigenvalue weighted by Gasteiger charge is 2.81. The summed E-state index contributed by atoms with van der Waals surface area (Å²) in [7, 11) is 0. The van der Waals surface area contributed by atoms with E-state index in [1.807, 2.05) is 0 Å². The van der Waals surface area contributed by atoms with Crippen LogP contribution in [-0.4, -0.2) is 59.3 Å². The summed E-state index contributed by atoms with van der Waals surface area (Å²) in [6, 6.07) is 0. The lowest BCUT2D eigenvalue weighted by Gasteiger charge is -2.43. The summed E-state index contributed by atoms with van der Waals surface area (Å²) < 4.78 is 188. The highest BCUT2D eigenvalue weighted by molar-refractivity contribution is 5.76. The van der Waals surface area contributed by atoms with Gasteiger partial charge in [0, 0.05) is 0 Å². The zero-order valence-corrected chi connectivity index (χ0v) is 16.1. The summed E-state index contributed by atoms with van der Waals surface area (Å²) in [5, 5.41) is 8.96. The second-order valence-electron chi connectivity index (χ2n) is 7.35. The summed E-state index contributed by atoms with van der Waals surface area (Å²) in [6.45, 7) is 2.60. The Morgan fingerprint density at radius 2 is 1.25 bits per heavy atom. The van der Waals surface area contributed by atoms with Crippen molar-refractivity contribution < 1.29 is 76.1 Å². The number of carbonyl (C=O) groups excluding carboxylic acids is 1. The predicted molar refractivity (Wildman–Crippen MR) is 76.5 cm³/mol. The van der Waals surface area contributed by atoms with Crippen molar-refractivity contribution in [1.29, 1.82) is 0 Å². The van der Waals surface area contributed by atoms with E-state index in [1.54, 1.807) is 0 Å². The van der Waals surface area contributed by atoms with Crippen molar-refractivity contribution in [2.45, 2.75) is 81.9 Å². The van der Waals surface area contributed by atoms with Gasteiger partial charge in [-0.3, -0.25) is 4.79 Å². The molecule has 0 saturated heterocycles. The summed E-state index contributed by atoms with van der Waals surface area (Å²) in [4.78, 5) is 11.9. The van der Waals surface area contributed by atoms with Crippen LogP contribution in [-0.2, 0) is 9.53 Å². The molecule has 3 nitrogen and oxygen atoms in total. The molecule has 32 heavy (non-hydrogen) atoms. The number of alkyl halides is 14. The van der Waals surface area contributed by atoms with Gasteiger partial charge in [0.2, 0.25) is 6.10 Å². The highest BCUT2D eigenvalue weighted by atomic mass is 19.4. The molecule has 17 heteroatoms. The average molecular weight is 510 g/mol. The van der Waals surface area contributed by atoms with E-state index in [1.165, 1.54) is 0 Å². The molecular weight excluding hydrogens is 494 g/mol.